The van der Waals surface area contributed by atoms with Crippen molar-refractivity contribution < 1.29 is 31.5 Å². The van der Waals surface area contributed by atoms with Crippen molar-refractivity contribution in [2.24, 2.45) is 0 Å². The van der Waals surface area contributed by atoms with Gasteiger partial charge < -0.3 is 15.0 Å². The summed E-state index contributed by atoms with van der Waals surface area (Å²) >= 11 is 0. The van der Waals surface area contributed by atoms with E-state index in [1.165, 1.54) is 12.1 Å². The van der Waals surface area contributed by atoms with Crippen LogP contribution in [-0.4, -0.2) is 36.5 Å². The van der Waals surface area contributed by atoms with E-state index in [4.69, 9.17) is 4.74 Å². The molecule has 0 atom stereocenters. The average molecular weight is 557 g/mol. The lowest BCUT2D eigenvalue weighted by molar-refractivity contribution is -0.128. The molecule has 0 radical (unpaired) electrons. The molecule has 0 bridgehead atoms. The molecule has 1 amide bonds. The molecule has 0 unspecified atom stereocenters. The standard InChI is InChI=1S/C31H29F5N2O2/c32-25-5-1-4-21(28(25)35)18-38(22-10-11-22)31(39)24-17-37-15-14-23(24)20-8-6-19(7-9-20)3-2-16-40-30-27(34)13-12-26(33)29(30)36/h1,4-9,12-13,22,37H,2-3,10-11,14-18H2. The molecule has 9 heteroatoms. The Morgan fingerprint density at radius 1 is 0.900 bits per heavy atom. The maximum Gasteiger partial charge on any atom is 0.251 e. The summed E-state index contributed by atoms with van der Waals surface area (Å²) in [4.78, 5) is 15.4. The lowest BCUT2D eigenvalue weighted by Crippen LogP contribution is -2.39. The second-order valence-electron chi connectivity index (χ2n) is 10.1. The number of halogens is 5. The van der Waals surface area contributed by atoms with Crippen LogP contribution in [0.3, 0.4) is 0 Å². The molecule has 1 aliphatic carbocycles. The van der Waals surface area contributed by atoms with E-state index < -0.39 is 34.8 Å². The molecule has 3 aromatic carbocycles. The number of benzene rings is 3. The van der Waals surface area contributed by atoms with E-state index in [0.29, 0.717) is 44.0 Å². The van der Waals surface area contributed by atoms with Gasteiger partial charge in [-0.3, -0.25) is 4.79 Å². The average Bonchev–Trinajstić information content (AvgIpc) is 3.81. The van der Waals surface area contributed by atoms with Crippen molar-refractivity contribution >= 4 is 11.5 Å². The zero-order valence-corrected chi connectivity index (χ0v) is 21.8. The van der Waals surface area contributed by atoms with Crippen molar-refractivity contribution in [1.29, 1.82) is 0 Å². The molecule has 0 aromatic heterocycles. The quantitative estimate of drug-likeness (QED) is 0.180. The number of nitrogens with zero attached hydrogens (tertiary/aromatic N) is 1. The maximum atomic E-state index is 14.4. The summed E-state index contributed by atoms with van der Waals surface area (Å²) in [6.45, 7) is 1.11. The van der Waals surface area contributed by atoms with Gasteiger partial charge in [-0.2, -0.15) is 4.39 Å². The first-order valence-corrected chi connectivity index (χ1v) is 13.4. The van der Waals surface area contributed by atoms with Gasteiger partial charge in [0.15, 0.2) is 29.0 Å². The molecule has 1 fully saturated rings. The molecule has 1 aliphatic heterocycles. The number of amides is 1. The van der Waals surface area contributed by atoms with Gasteiger partial charge in [0.05, 0.1) is 6.61 Å². The van der Waals surface area contributed by atoms with Crippen LogP contribution in [0.1, 0.15) is 42.4 Å². The van der Waals surface area contributed by atoms with Gasteiger partial charge in [-0.1, -0.05) is 36.4 Å². The Hall–Kier alpha value is -3.72. The SMILES string of the molecule is O=C(C1=C(c2ccc(CCCOc3c(F)ccc(F)c3F)cc2)CCNC1)N(Cc1cccc(F)c1F)C1CC1. The molecule has 3 aromatic rings. The normalized spacial score (nSPS) is 15.3. The Morgan fingerprint density at radius 2 is 1.62 bits per heavy atom. The van der Waals surface area contributed by atoms with Crippen LogP contribution in [0.25, 0.3) is 5.57 Å². The topological polar surface area (TPSA) is 41.6 Å². The summed E-state index contributed by atoms with van der Waals surface area (Å²) in [6, 6.07) is 13.3. The Kier molecular flexibility index (Phi) is 8.49. The van der Waals surface area contributed by atoms with Crippen LogP contribution < -0.4 is 10.1 Å². The predicted octanol–water partition coefficient (Wildman–Crippen LogP) is 6.33. The Morgan fingerprint density at radius 3 is 2.38 bits per heavy atom. The molecular formula is C31H29F5N2O2. The van der Waals surface area contributed by atoms with Crippen molar-refractivity contribution in [2.45, 2.75) is 44.7 Å². The zero-order chi connectivity index (χ0) is 28.2. The Bertz CT molecular complexity index is 1420. The van der Waals surface area contributed by atoms with Crippen molar-refractivity contribution in [3.63, 3.8) is 0 Å². The number of carbonyl (C=O) groups is 1. The monoisotopic (exact) mass is 556 g/mol. The van der Waals surface area contributed by atoms with Crippen molar-refractivity contribution in [1.82, 2.24) is 10.2 Å². The first-order chi connectivity index (χ1) is 19.3. The highest BCUT2D eigenvalue weighted by atomic mass is 19.2. The van der Waals surface area contributed by atoms with Crippen LogP contribution in [0.5, 0.6) is 5.75 Å². The summed E-state index contributed by atoms with van der Waals surface area (Å²) in [5, 5.41) is 3.25. The minimum atomic E-state index is -1.34. The summed E-state index contributed by atoms with van der Waals surface area (Å²) in [7, 11) is 0. The van der Waals surface area contributed by atoms with Crippen LogP contribution >= 0.6 is 0 Å². The fourth-order valence-corrected chi connectivity index (χ4v) is 4.95. The van der Waals surface area contributed by atoms with Gasteiger partial charge >= 0.3 is 0 Å². The fraction of sp³-hybridized carbons (Fsp3) is 0.323. The van der Waals surface area contributed by atoms with Crippen molar-refractivity contribution in [3.8, 4) is 5.75 Å². The number of nitrogens with one attached hydrogen (secondary N) is 1. The van der Waals surface area contributed by atoms with Gasteiger partial charge in [-0.15, -0.1) is 0 Å². The fourth-order valence-electron chi connectivity index (χ4n) is 4.95. The zero-order valence-electron chi connectivity index (χ0n) is 21.8. The van der Waals surface area contributed by atoms with E-state index >= 15 is 0 Å². The molecule has 210 valence electrons. The van der Waals surface area contributed by atoms with E-state index in [-0.39, 0.29) is 30.7 Å². The van der Waals surface area contributed by atoms with Crippen molar-refractivity contribution in [2.75, 3.05) is 19.7 Å². The largest absolute Gasteiger partial charge is 0.488 e. The number of carbonyl (C=O) groups excluding carboxylic acids is 1. The number of rotatable bonds is 10. The van der Waals surface area contributed by atoms with Crippen LogP contribution in [0, 0.1) is 29.1 Å². The first-order valence-electron chi connectivity index (χ1n) is 13.4. The lowest BCUT2D eigenvalue weighted by Gasteiger charge is -2.28. The van der Waals surface area contributed by atoms with Crippen LogP contribution in [0.15, 0.2) is 60.2 Å². The molecule has 4 nitrogen and oxygen atoms in total. The molecular weight excluding hydrogens is 527 g/mol. The Balaban J connectivity index is 1.26. The van der Waals surface area contributed by atoms with Gasteiger partial charge in [0.2, 0.25) is 5.82 Å². The van der Waals surface area contributed by atoms with E-state index in [2.05, 4.69) is 5.32 Å². The molecule has 2 aliphatic rings. The highest BCUT2D eigenvalue weighted by Gasteiger charge is 2.36. The minimum Gasteiger partial charge on any atom is -0.488 e. The maximum absolute atomic E-state index is 14.4. The minimum absolute atomic E-state index is 0.00441. The lowest BCUT2D eigenvalue weighted by atomic mass is 9.92. The summed E-state index contributed by atoms with van der Waals surface area (Å²) in [5.74, 6) is -6.21. The predicted molar refractivity (Wildman–Crippen MR) is 141 cm³/mol. The number of ether oxygens (including phenoxy) is 1. The van der Waals surface area contributed by atoms with Gasteiger partial charge in [0, 0.05) is 30.3 Å². The third kappa shape index (κ3) is 6.20. The summed E-state index contributed by atoms with van der Waals surface area (Å²) in [6.07, 6.45) is 3.33. The summed E-state index contributed by atoms with van der Waals surface area (Å²) in [5.41, 5.74) is 3.57. The molecule has 1 saturated carbocycles. The third-order valence-corrected chi connectivity index (χ3v) is 7.26. The van der Waals surface area contributed by atoms with Gasteiger partial charge in [0.1, 0.15) is 0 Å². The highest BCUT2D eigenvalue weighted by molar-refractivity contribution is 6.02. The first kappa shape index (κ1) is 27.8. The summed E-state index contributed by atoms with van der Waals surface area (Å²) < 4.78 is 74.1. The molecule has 1 N–H and O–H groups in total. The van der Waals surface area contributed by atoms with E-state index in [1.807, 2.05) is 24.3 Å². The molecule has 0 saturated heterocycles. The van der Waals surface area contributed by atoms with Gasteiger partial charge in [-0.05, 0) is 73.5 Å². The number of aryl methyl sites for hydroxylation is 1. The van der Waals surface area contributed by atoms with Crippen LogP contribution in [0.2, 0.25) is 0 Å². The molecule has 5 rings (SSSR count). The highest BCUT2D eigenvalue weighted by Crippen LogP contribution is 2.33. The van der Waals surface area contributed by atoms with E-state index in [1.54, 1.807) is 4.90 Å². The molecule has 0 spiro atoms. The molecule has 1 heterocycles. The van der Waals surface area contributed by atoms with Crippen LogP contribution in [-0.2, 0) is 17.8 Å². The van der Waals surface area contributed by atoms with Gasteiger partial charge in [-0.25, -0.2) is 17.6 Å². The van der Waals surface area contributed by atoms with Gasteiger partial charge in [0.25, 0.3) is 5.91 Å². The smallest absolute Gasteiger partial charge is 0.251 e. The third-order valence-electron chi connectivity index (χ3n) is 7.26. The second-order valence-corrected chi connectivity index (χ2v) is 10.1. The second kappa shape index (κ2) is 12.2. The number of hydrogen-bond acceptors (Lipinski definition) is 3. The van der Waals surface area contributed by atoms with E-state index in [9.17, 15) is 26.7 Å². The van der Waals surface area contributed by atoms with Crippen molar-refractivity contribution in [3.05, 3.63) is 106 Å². The van der Waals surface area contributed by atoms with Crippen LogP contribution in [0.4, 0.5) is 22.0 Å². The molecule has 40 heavy (non-hydrogen) atoms. The number of hydrogen-bond donors (Lipinski definition) is 1. The van der Waals surface area contributed by atoms with E-state index in [0.717, 1.165) is 41.7 Å². The Labute approximate surface area is 229 Å².